The molecule has 2 atom stereocenters. The van der Waals surface area contributed by atoms with Crippen LogP contribution in [0.5, 0.6) is 0 Å². The van der Waals surface area contributed by atoms with Crippen molar-refractivity contribution < 1.29 is 38.2 Å². The molecular formula is C53H86NO7+. The molecular weight excluding hydrogens is 763 g/mol. The van der Waals surface area contributed by atoms with E-state index in [0.717, 1.165) is 89.9 Å². The molecule has 0 radical (unpaired) electrons. The molecule has 2 unspecified atom stereocenters. The number of carbonyl (C=O) groups excluding carboxylic acids is 2. The normalized spacial score (nSPS) is 13.9. The molecule has 0 saturated heterocycles. The fraction of sp³-hybridized carbons (Fsp3) is 0.604. The molecule has 8 nitrogen and oxygen atoms in total. The van der Waals surface area contributed by atoms with Crippen molar-refractivity contribution in [1.29, 1.82) is 0 Å². The largest absolute Gasteiger partial charge is 0.477 e. The quantitative estimate of drug-likeness (QED) is 0.0284. The van der Waals surface area contributed by atoms with E-state index in [1.807, 2.05) is 33.3 Å². The van der Waals surface area contributed by atoms with Crippen molar-refractivity contribution in [1.82, 2.24) is 0 Å². The van der Waals surface area contributed by atoms with E-state index in [-0.39, 0.29) is 36.7 Å². The molecule has 8 heteroatoms. The molecule has 0 aromatic heterocycles. The van der Waals surface area contributed by atoms with E-state index >= 15 is 0 Å². The first kappa shape index (κ1) is 57.0. The minimum Gasteiger partial charge on any atom is -0.477 e. The van der Waals surface area contributed by atoms with Gasteiger partial charge in [-0.3, -0.25) is 9.59 Å². The molecule has 0 spiro atoms. The van der Waals surface area contributed by atoms with Crippen LogP contribution in [0.2, 0.25) is 0 Å². The van der Waals surface area contributed by atoms with E-state index in [0.29, 0.717) is 19.3 Å². The summed E-state index contributed by atoms with van der Waals surface area (Å²) in [6.45, 7) is 4.47. The van der Waals surface area contributed by atoms with Gasteiger partial charge in [-0.15, -0.1) is 0 Å². The van der Waals surface area contributed by atoms with Gasteiger partial charge < -0.3 is 23.8 Å². The maximum absolute atomic E-state index is 12.7. The second-order valence-corrected chi connectivity index (χ2v) is 16.3. The second kappa shape index (κ2) is 42.7. The Balaban J connectivity index is 4.46. The van der Waals surface area contributed by atoms with Crippen LogP contribution in [0.4, 0.5) is 0 Å². The lowest BCUT2D eigenvalue weighted by Crippen LogP contribution is -2.50. The first-order valence-corrected chi connectivity index (χ1v) is 23.4. The lowest BCUT2D eigenvalue weighted by Gasteiger charge is -2.31. The molecule has 0 heterocycles. The van der Waals surface area contributed by atoms with Gasteiger partial charge in [0.05, 0.1) is 34.4 Å². The predicted octanol–water partition coefficient (Wildman–Crippen LogP) is 13.2. The van der Waals surface area contributed by atoms with Crippen LogP contribution in [-0.4, -0.2) is 80.6 Å². The summed E-state index contributed by atoms with van der Waals surface area (Å²) in [5.74, 6) is -1.61. The number of esters is 2. The van der Waals surface area contributed by atoms with E-state index in [2.05, 4.69) is 111 Å². The lowest BCUT2D eigenvalue weighted by atomic mass is 10.1. The molecule has 0 amide bonds. The average molecular weight is 849 g/mol. The first-order valence-electron chi connectivity index (χ1n) is 23.4. The summed E-state index contributed by atoms with van der Waals surface area (Å²) in [4.78, 5) is 37.0. The highest BCUT2D eigenvalue weighted by Gasteiger charge is 2.31. The predicted molar refractivity (Wildman–Crippen MR) is 256 cm³/mol. The van der Waals surface area contributed by atoms with Crippen LogP contribution in [0.25, 0.3) is 0 Å². The van der Waals surface area contributed by atoms with Crippen molar-refractivity contribution in [2.75, 3.05) is 41.0 Å². The highest BCUT2D eigenvalue weighted by molar-refractivity contribution is 5.72. The summed E-state index contributed by atoms with van der Waals surface area (Å²) in [5, 5.41) is 9.63. The summed E-state index contributed by atoms with van der Waals surface area (Å²) in [7, 11) is 5.48. The van der Waals surface area contributed by atoms with Gasteiger partial charge in [0.2, 0.25) is 0 Å². The molecule has 0 aliphatic rings. The van der Waals surface area contributed by atoms with Gasteiger partial charge in [-0.2, -0.15) is 0 Å². The van der Waals surface area contributed by atoms with Gasteiger partial charge in [0.1, 0.15) is 6.61 Å². The maximum atomic E-state index is 12.7. The standard InChI is InChI=1S/C53H85NO7/c1-6-8-10-12-14-16-18-20-22-24-25-26-27-28-30-31-33-35-37-39-41-43-51(55)60-48-49(47-59-46-45-50(53(57)58)54(3,4)5)61-52(56)44-42-40-38-36-34-32-29-23-21-19-17-15-13-11-9-7-2/h9,11,14-17,20-23,25-26,28,30,32,34,38,40,49-50H,6-8,10,12-13,18-19,24,27,29,31,33,35-37,39,41-48H2,1-5H3/p+1/b11-9+,16-14+,17-15+,22-20+,23-21+,26-25+,30-28+,34-32+,40-38+. The van der Waals surface area contributed by atoms with Crippen molar-refractivity contribution in [3.63, 3.8) is 0 Å². The summed E-state index contributed by atoms with van der Waals surface area (Å²) in [6, 6.07) is -0.637. The lowest BCUT2D eigenvalue weighted by molar-refractivity contribution is -0.887. The Bertz CT molecular complexity index is 1360. The Labute approximate surface area is 372 Å². The number of allylic oxidation sites excluding steroid dienone is 18. The number of carbonyl (C=O) groups is 3. The van der Waals surface area contributed by atoms with Crippen molar-refractivity contribution in [2.24, 2.45) is 0 Å². The van der Waals surface area contributed by atoms with Crippen molar-refractivity contribution in [2.45, 2.75) is 167 Å². The van der Waals surface area contributed by atoms with Crippen LogP contribution < -0.4 is 0 Å². The molecule has 0 aromatic rings. The number of hydrogen-bond acceptors (Lipinski definition) is 6. The number of carboxylic acid groups (broad SMARTS) is 1. The third-order valence-corrected chi connectivity index (χ3v) is 9.67. The number of likely N-dealkylation sites (N-methyl/N-ethyl adjacent to an activating group) is 1. The number of hydrogen-bond donors (Lipinski definition) is 1. The van der Waals surface area contributed by atoms with Crippen molar-refractivity contribution in [3.8, 4) is 0 Å². The van der Waals surface area contributed by atoms with Crippen LogP contribution in [0.3, 0.4) is 0 Å². The van der Waals surface area contributed by atoms with Gasteiger partial charge in [-0.1, -0.05) is 155 Å². The Morgan fingerprint density at radius 1 is 0.508 bits per heavy atom. The molecule has 0 saturated carbocycles. The number of rotatable bonds is 40. The number of quaternary nitrogens is 1. The zero-order valence-corrected chi connectivity index (χ0v) is 39.1. The molecule has 61 heavy (non-hydrogen) atoms. The van der Waals surface area contributed by atoms with Crippen LogP contribution >= 0.6 is 0 Å². The zero-order chi connectivity index (χ0) is 44.9. The summed E-state index contributed by atoms with van der Waals surface area (Å²) in [6.07, 6.45) is 58.6. The minimum absolute atomic E-state index is 0.0175. The van der Waals surface area contributed by atoms with Gasteiger partial charge in [-0.05, 0) is 89.9 Å². The van der Waals surface area contributed by atoms with E-state index in [4.69, 9.17) is 14.2 Å². The first-order chi connectivity index (χ1) is 29.6. The number of ether oxygens (including phenoxy) is 3. The highest BCUT2D eigenvalue weighted by atomic mass is 16.6. The molecule has 0 aromatic carbocycles. The van der Waals surface area contributed by atoms with E-state index in [9.17, 15) is 19.5 Å². The molecule has 0 aliphatic heterocycles. The number of aliphatic carboxylic acids is 1. The Kier molecular flexibility index (Phi) is 39.9. The highest BCUT2D eigenvalue weighted by Crippen LogP contribution is 2.12. The molecule has 0 fully saturated rings. The number of unbranched alkanes of at least 4 members (excludes halogenated alkanes) is 8. The molecule has 0 aliphatic carbocycles. The van der Waals surface area contributed by atoms with E-state index in [1.54, 1.807) is 0 Å². The van der Waals surface area contributed by atoms with Crippen molar-refractivity contribution >= 4 is 17.9 Å². The second-order valence-electron chi connectivity index (χ2n) is 16.3. The summed E-state index contributed by atoms with van der Waals surface area (Å²) < 4.78 is 17.2. The van der Waals surface area contributed by atoms with E-state index < -0.39 is 24.1 Å². The van der Waals surface area contributed by atoms with Crippen molar-refractivity contribution in [3.05, 3.63) is 109 Å². The van der Waals surface area contributed by atoms with Crippen LogP contribution in [0.15, 0.2) is 109 Å². The fourth-order valence-electron chi connectivity index (χ4n) is 6.06. The summed E-state index contributed by atoms with van der Waals surface area (Å²) >= 11 is 0. The number of nitrogens with zero attached hydrogens (tertiary/aromatic N) is 1. The smallest absolute Gasteiger partial charge is 0.362 e. The number of carboxylic acids is 1. The van der Waals surface area contributed by atoms with Gasteiger partial charge in [0.25, 0.3) is 0 Å². The molecule has 0 rings (SSSR count). The Morgan fingerprint density at radius 3 is 1.43 bits per heavy atom. The molecule has 0 bridgehead atoms. The van der Waals surface area contributed by atoms with Gasteiger partial charge in [0, 0.05) is 19.3 Å². The van der Waals surface area contributed by atoms with Crippen LogP contribution in [0, 0.1) is 0 Å². The van der Waals surface area contributed by atoms with Crippen LogP contribution in [0.1, 0.15) is 155 Å². The van der Waals surface area contributed by atoms with Gasteiger partial charge >= 0.3 is 17.9 Å². The third kappa shape index (κ3) is 41.1. The van der Waals surface area contributed by atoms with Crippen LogP contribution in [-0.2, 0) is 28.6 Å². The zero-order valence-electron chi connectivity index (χ0n) is 39.1. The van der Waals surface area contributed by atoms with E-state index in [1.165, 1.54) is 25.7 Å². The Hall–Kier alpha value is -4.01. The van der Waals surface area contributed by atoms with Gasteiger partial charge in [0.15, 0.2) is 12.1 Å². The summed E-state index contributed by atoms with van der Waals surface area (Å²) in [5.41, 5.74) is 0. The average Bonchev–Trinajstić information content (AvgIpc) is 3.22. The third-order valence-electron chi connectivity index (χ3n) is 9.67. The van der Waals surface area contributed by atoms with Gasteiger partial charge in [-0.25, -0.2) is 4.79 Å². The topological polar surface area (TPSA) is 99.1 Å². The minimum atomic E-state index is -0.894. The monoisotopic (exact) mass is 849 g/mol. The Morgan fingerprint density at radius 2 is 0.951 bits per heavy atom. The molecule has 344 valence electrons. The molecule has 1 N–H and O–H groups in total. The fourth-order valence-corrected chi connectivity index (χ4v) is 6.06. The SMILES string of the molecule is CC/C=C/C/C=C/C/C=C/C/C=C/C/C=C/CCC(=O)OC(COCCC(C(=O)O)[N+](C)(C)C)COC(=O)CCCCCCC/C=C/C/C=C/C/C=C/C/C=C/CCCCC. The maximum Gasteiger partial charge on any atom is 0.362 e.